The van der Waals surface area contributed by atoms with Crippen LogP contribution in [0.2, 0.25) is 0 Å². The fraction of sp³-hybridized carbons (Fsp3) is 0.143. The number of aromatic carboxylic acids is 1. The Morgan fingerprint density at radius 3 is 2.30 bits per heavy atom. The molecule has 0 saturated heterocycles. The van der Waals surface area contributed by atoms with E-state index in [1.54, 1.807) is 18.2 Å². The summed E-state index contributed by atoms with van der Waals surface area (Å²) in [5.74, 6) is 0.235. The van der Waals surface area contributed by atoms with E-state index in [4.69, 9.17) is 19.3 Å². The summed E-state index contributed by atoms with van der Waals surface area (Å²) in [4.78, 5) is 14.9. The van der Waals surface area contributed by atoms with Crippen molar-refractivity contribution in [3.8, 4) is 23.0 Å². The molecule has 1 heterocycles. The smallest absolute Gasteiger partial charge is 0.341 e. The number of nitrogens with zero attached hydrogens (tertiary/aromatic N) is 1. The van der Waals surface area contributed by atoms with Gasteiger partial charge in [-0.25, -0.2) is 4.79 Å². The number of benzene rings is 1. The maximum absolute atomic E-state index is 11.1. The van der Waals surface area contributed by atoms with Gasteiger partial charge < -0.3 is 19.3 Å². The molecule has 6 nitrogen and oxygen atoms in total. The second kappa shape index (κ2) is 5.92. The molecule has 0 amide bonds. The number of hydrogen-bond donors (Lipinski definition) is 1. The van der Waals surface area contributed by atoms with Crippen LogP contribution >= 0.6 is 0 Å². The van der Waals surface area contributed by atoms with Gasteiger partial charge in [-0.1, -0.05) is 6.07 Å². The fourth-order valence-electron chi connectivity index (χ4n) is 1.66. The number of carboxylic acid groups (broad SMARTS) is 1. The Morgan fingerprint density at radius 1 is 1.10 bits per heavy atom. The van der Waals surface area contributed by atoms with Gasteiger partial charge in [-0.05, 0) is 12.1 Å². The fourth-order valence-corrected chi connectivity index (χ4v) is 1.66. The summed E-state index contributed by atoms with van der Waals surface area (Å²) < 4.78 is 16.0. The number of aromatic nitrogens is 1. The minimum Gasteiger partial charge on any atom is -0.493 e. The molecule has 1 N–H and O–H groups in total. The van der Waals surface area contributed by atoms with Crippen molar-refractivity contribution in [2.75, 3.05) is 14.2 Å². The van der Waals surface area contributed by atoms with E-state index in [0.717, 1.165) is 0 Å². The highest BCUT2D eigenvalue weighted by atomic mass is 16.5. The SMILES string of the molecule is COc1cccc(OC)c1Oc1ccncc1C(=O)O. The molecular weight excluding hydrogens is 262 g/mol. The molecule has 1 aromatic carbocycles. The molecule has 104 valence electrons. The third-order valence-electron chi connectivity index (χ3n) is 2.61. The maximum Gasteiger partial charge on any atom is 0.341 e. The van der Waals surface area contributed by atoms with Crippen LogP contribution in [-0.2, 0) is 0 Å². The quantitative estimate of drug-likeness (QED) is 0.903. The first kappa shape index (κ1) is 13.7. The highest BCUT2D eigenvalue weighted by Crippen LogP contribution is 2.40. The van der Waals surface area contributed by atoms with E-state index in [0.29, 0.717) is 17.2 Å². The topological polar surface area (TPSA) is 77.9 Å². The number of methoxy groups -OCH3 is 2. The van der Waals surface area contributed by atoms with Gasteiger partial charge in [-0.15, -0.1) is 0 Å². The predicted octanol–water partition coefficient (Wildman–Crippen LogP) is 2.59. The Bertz CT molecular complexity index is 604. The Kier molecular flexibility index (Phi) is 4.05. The van der Waals surface area contributed by atoms with Gasteiger partial charge in [0.25, 0.3) is 0 Å². The van der Waals surface area contributed by atoms with Crippen LogP contribution in [0.15, 0.2) is 36.7 Å². The number of carbonyl (C=O) groups is 1. The van der Waals surface area contributed by atoms with E-state index in [-0.39, 0.29) is 11.3 Å². The largest absolute Gasteiger partial charge is 0.493 e. The van der Waals surface area contributed by atoms with Gasteiger partial charge in [0.1, 0.15) is 11.3 Å². The predicted molar refractivity (Wildman–Crippen MR) is 70.8 cm³/mol. The van der Waals surface area contributed by atoms with Crippen LogP contribution in [0.5, 0.6) is 23.0 Å². The number of hydrogen-bond acceptors (Lipinski definition) is 5. The van der Waals surface area contributed by atoms with Gasteiger partial charge in [0, 0.05) is 18.5 Å². The van der Waals surface area contributed by atoms with Crippen molar-refractivity contribution in [2.45, 2.75) is 0 Å². The summed E-state index contributed by atoms with van der Waals surface area (Å²) in [7, 11) is 2.98. The lowest BCUT2D eigenvalue weighted by atomic mass is 10.2. The first-order valence-electron chi connectivity index (χ1n) is 5.73. The molecule has 20 heavy (non-hydrogen) atoms. The number of rotatable bonds is 5. The van der Waals surface area contributed by atoms with E-state index in [2.05, 4.69) is 4.98 Å². The van der Waals surface area contributed by atoms with Crippen LogP contribution < -0.4 is 14.2 Å². The van der Waals surface area contributed by atoms with Crippen molar-refractivity contribution in [1.29, 1.82) is 0 Å². The van der Waals surface area contributed by atoms with Crippen molar-refractivity contribution >= 4 is 5.97 Å². The van der Waals surface area contributed by atoms with Crippen LogP contribution in [-0.4, -0.2) is 30.3 Å². The van der Waals surface area contributed by atoms with Crippen LogP contribution in [0, 0.1) is 0 Å². The zero-order valence-electron chi connectivity index (χ0n) is 11.0. The van der Waals surface area contributed by atoms with Crippen LogP contribution in [0.4, 0.5) is 0 Å². The van der Waals surface area contributed by atoms with E-state index in [1.807, 2.05) is 0 Å². The summed E-state index contributed by atoms with van der Waals surface area (Å²) in [6.07, 6.45) is 2.67. The number of carboxylic acids is 1. The summed E-state index contributed by atoms with van der Waals surface area (Å²) in [5, 5.41) is 9.11. The third-order valence-corrected chi connectivity index (χ3v) is 2.61. The number of pyridine rings is 1. The summed E-state index contributed by atoms with van der Waals surface area (Å²) in [6.45, 7) is 0. The third kappa shape index (κ3) is 2.64. The molecule has 0 unspecified atom stereocenters. The zero-order valence-corrected chi connectivity index (χ0v) is 11.0. The molecule has 0 aliphatic heterocycles. The number of ether oxygens (including phenoxy) is 3. The van der Waals surface area contributed by atoms with Gasteiger partial charge in [-0.3, -0.25) is 4.98 Å². The van der Waals surface area contributed by atoms with Gasteiger partial charge in [0.15, 0.2) is 11.5 Å². The molecule has 0 saturated carbocycles. The lowest BCUT2D eigenvalue weighted by molar-refractivity contribution is 0.0693. The van der Waals surface area contributed by atoms with Gasteiger partial charge >= 0.3 is 5.97 Å². The molecule has 0 bridgehead atoms. The first-order chi connectivity index (χ1) is 9.67. The normalized spacial score (nSPS) is 9.90. The maximum atomic E-state index is 11.1. The first-order valence-corrected chi connectivity index (χ1v) is 5.73. The molecule has 1 aromatic heterocycles. The monoisotopic (exact) mass is 275 g/mol. The second-order valence-corrected chi connectivity index (χ2v) is 3.77. The molecule has 0 fully saturated rings. The molecule has 2 aromatic rings. The zero-order chi connectivity index (χ0) is 14.5. The Labute approximate surface area is 115 Å². The van der Waals surface area contributed by atoms with Crippen LogP contribution in [0.3, 0.4) is 0 Å². The molecule has 0 radical (unpaired) electrons. The molecule has 0 spiro atoms. The van der Waals surface area contributed by atoms with Crippen molar-refractivity contribution in [1.82, 2.24) is 4.98 Å². The minimum absolute atomic E-state index is 0.0412. The van der Waals surface area contributed by atoms with Crippen molar-refractivity contribution in [3.63, 3.8) is 0 Å². The van der Waals surface area contributed by atoms with E-state index >= 15 is 0 Å². The van der Waals surface area contributed by atoms with E-state index in [9.17, 15) is 4.79 Å². The van der Waals surface area contributed by atoms with E-state index in [1.165, 1.54) is 32.7 Å². The van der Waals surface area contributed by atoms with Gasteiger partial charge in [0.05, 0.1) is 14.2 Å². The Balaban J connectivity index is 2.47. The van der Waals surface area contributed by atoms with E-state index < -0.39 is 5.97 Å². The highest BCUT2D eigenvalue weighted by molar-refractivity contribution is 5.90. The van der Waals surface area contributed by atoms with Crippen LogP contribution in [0.25, 0.3) is 0 Å². The molecule has 0 atom stereocenters. The minimum atomic E-state index is -1.12. The second-order valence-electron chi connectivity index (χ2n) is 3.77. The molecule has 0 aliphatic rings. The average Bonchev–Trinajstić information content (AvgIpc) is 2.47. The highest BCUT2D eigenvalue weighted by Gasteiger charge is 2.17. The molecule has 6 heteroatoms. The van der Waals surface area contributed by atoms with Crippen LogP contribution in [0.1, 0.15) is 10.4 Å². The number of para-hydroxylation sites is 1. The summed E-state index contributed by atoms with van der Waals surface area (Å²) in [5.41, 5.74) is -0.0412. The van der Waals surface area contributed by atoms with Crippen molar-refractivity contribution < 1.29 is 24.1 Å². The lowest BCUT2D eigenvalue weighted by Crippen LogP contribution is -2.02. The van der Waals surface area contributed by atoms with Gasteiger partial charge in [0.2, 0.25) is 5.75 Å². The molecule has 0 aliphatic carbocycles. The molecule has 2 rings (SSSR count). The standard InChI is InChI=1S/C14H13NO5/c1-18-11-4-3-5-12(19-2)13(11)20-10-6-7-15-8-9(10)14(16)17/h3-8H,1-2H3,(H,16,17). The van der Waals surface area contributed by atoms with Crippen molar-refractivity contribution in [3.05, 3.63) is 42.2 Å². The Morgan fingerprint density at radius 2 is 1.75 bits per heavy atom. The lowest BCUT2D eigenvalue weighted by Gasteiger charge is -2.14. The van der Waals surface area contributed by atoms with Gasteiger partial charge in [-0.2, -0.15) is 0 Å². The Hall–Kier alpha value is -2.76. The summed E-state index contributed by atoms with van der Waals surface area (Å²) in [6, 6.07) is 6.60. The average molecular weight is 275 g/mol. The van der Waals surface area contributed by atoms with Crippen molar-refractivity contribution in [2.24, 2.45) is 0 Å². The molecular formula is C14H13NO5. The summed E-state index contributed by atoms with van der Waals surface area (Å²) >= 11 is 0.